The van der Waals surface area contributed by atoms with E-state index in [0.29, 0.717) is 5.88 Å². The molecular formula is C15H22BrN3O. The zero-order chi connectivity index (χ0) is 15.1. The van der Waals surface area contributed by atoms with Gasteiger partial charge in [0.2, 0.25) is 5.88 Å². The van der Waals surface area contributed by atoms with E-state index < -0.39 is 0 Å². The molecule has 0 aromatic carbocycles. The Morgan fingerprint density at radius 3 is 2.90 bits per heavy atom. The molecule has 4 nitrogen and oxygen atoms in total. The van der Waals surface area contributed by atoms with E-state index >= 15 is 0 Å². The Bertz CT molecular complexity index is 488. The average Bonchev–Trinajstić information content (AvgIpc) is 2.40. The molecule has 1 aromatic rings. The highest BCUT2D eigenvalue weighted by Crippen LogP contribution is 2.30. The van der Waals surface area contributed by atoms with E-state index in [1.165, 1.54) is 0 Å². The van der Waals surface area contributed by atoms with E-state index in [2.05, 4.69) is 39.4 Å². The van der Waals surface area contributed by atoms with Gasteiger partial charge < -0.3 is 9.64 Å². The van der Waals surface area contributed by atoms with Crippen molar-refractivity contribution < 1.29 is 4.74 Å². The summed E-state index contributed by atoms with van der Waals surface area (Å²) in [6, 6.07) is 1.93. The van der Waals surface area contributed by atoms with Crippen molar-refractivity contribution in [3.63, 3.8) is 0 Å². The Labute approximate surface area is 129 Å². The topological polar surface area (TPSA) is 37.7 Å². The smallest absolute Gasteiger partial charge is 0.228 e. The molecule has 20 heavy (non-hydrogen) atoms. The number of pyridine rings is 1. The van der Waals surface area contributed by atoms with Crippen molar-refractivity contribution in [2.45, 2.75) is 33.3 Å². The van der Waals surface area contributed by atoms with Crippen molar-refractivity contribution in [1.82, 2.24) is 9.88 Å². The highest BCUT2D eigenvalue weighted by atomic mass is 79.9. The number of hydrogen-bond donors (Lipinski definition) is 0. The number of halogens is 1. The summed E-state index contributed by atoms with van der Waals surface area (Å²) in [6.07, 6.45) is 4.48. The van der Waals surface area contributed by atoms with Gasteiger partial charge in [-0.1, -0.05) is 6.08 Å². The lowest BCUT2D eigenvalue weighted by Crippen LogP contribution is -2.14. The van der Waals surface area contributed by atoms with E-state index in [9.17, 15) is 0 Å². The molecule has 0 aliphatic heterocycles. The maximum Gasteiger partial charge on any atom is 0.228 e. The van der Waals surface area contributed by atoms with Crippen molar-refractivity contribution in [2.75, 3.05) is 13.6 Å². The Kier molecular flexibility index (Phi) is 6.71. The first kappa shape index (κ1) is 16.7. The van der Waals surface area contributed by atoms with Crippen LogP contribution in [-0.4, -0.2) is 35.9 Å². The summed E-state index contributed by atoms with van der Waals surface area (Å²) in [5.41, 5.74) is 1.68. The van der Waals surface area contributed by atoms with E-state index in [-0.39, 0.29) is 6.10 Å². The predicted octanol–water partition coefficient (Wildman–Crippen LogP) is 4.11. The lowest BCUT2D eigenvalue weighted by atomic mass is 10.3. The Balaban J connectivity index is 2.91. The molecule has 1 aromatic heterocycles. The monoisotopic (exact) mass is 339 g/mol. The fourth-order valence-electron chi connectivity index (χ4n) is 1.48. The molecule has 5 heteroatoms. The van der Waals surface area contributed by atoms with E-state index in [1.54, 1.807) is 6.34 Å². The van der Waals surface area contributed by atoms with Crippen molar-refractivity contribution in [3.05, 3.63) is 28.9 Å². The molecule has 0 saturated heterocycles. The molecule has 0 unspecified atom stereocenters. The Morgan fingerprint density at radius 1 is 1.60 bits per heavy atom. The molecule has 0 amide bonds. The standard InChI is InChI=1S/C15H22BrN3O/c1-6-8-11(3)20-15-13(16)9-14(12(4)18-15)17-10-19(5)7-2/h6,9-11H,1,7-8H2,2-5H3/t11-/m0/s1. The van der Waals surface area contributed by atoms with Crippen LogP contribution < -0.4 is 4.74 Å². The number of hydrogen-bond acceptors (Lipinski definition) is 3. The minimum atomic E-state index is 0.0521. The summed E-state index contributed by atoms with van der Waals surface area (Å²) in [5.74, 6) is 0.597. The first-order chi connectivity index (χ1) is 9.47. The van der Waals surface area contributed by atoms with Gasteiger partial charge in [-0.2, -0.15) is 0 Å². The number of aromatic nitrogens is 1. The van der Waals surface area contributed by atoms with Crippen LogP contribution in [-0.2, 0) is 0 Å². The average molecular weight is 340 g/mol. The van der Waals surface area contributed by atoms with Gasteiger partial charge in [-0.25, -0.2) is 9.98 Å². The van der Waals surface area contributed by atoms with Crippen LogP contribution in [0, 0.1) is 6.92 Å². The van der Waals surface area contributed by atoms with E-state index in [4.69, 9.17) is 4.74 Å². The summed E-state index contributed by atoms with van der Waals surface area (Å²) >= 11 is 3.48. The van der Waals surface area contributed by atoms with Crippen LogP contribution in [0.4, 0.5) is 5.69 Å². The molecular weight excluding hydrogens is 318 g/mol. The predicted molar refractivity (Wildman–Crippen MR) is 88.0 cm³/mol. The van der Waals surface area contributed by atoms with Crippen LogP contribution in [0.2, 0.25) is 0 Å². The molecule has 0 aliphatic rings. The van der Waals surface area contributed by atoms with Crippen LogP contribution >= 0.6 is 15.9 Å². The van der Waals surface area contributed by atoms with Gasteiger partial charge >= 0.3 is 0 Å². The van der Waals surface area contributed by atoms with Gasteiger partial charge in [-0.15, -0.1) is 6.58 Å². The third-order valence-electron chi connectivity index (χ3n) is 2.81. The van der Waals surface area contributed by atoms with Crippen LogP contribution in [0.3, 0.4) is 0 Å². The summed E-state index contributed by atoms with van der Waals surface area (Å²) < 4.78 is 6.59. The molecule has 0 saturated carbocycles. The minimum Gasteiger partial charge on any atom is -0.474 e. The minimum absolute atomic E-state index is 0.0521. The van der Waals surface area contributed by atoms with Gasteiger partial charge in [0.1, 0.15) is 6.10 Å². The Hall–Kier alpha value is -1.36. The lowest BCUT2D eigenvalue weighted by Gasteiger charge is -2.14. The first-order valence-corrected chi connectivity index (χ1v) is 7.46. The zero-order valence-electron chi connectivity index (χ0n) is 12.6. The second-order valence-corrected chi connectivity index (χ2v) is 5.50. The highest BCUT2D eigenvalue weighted by molar-refractivity contribution is 9.10. The fourth-order valence-corrected chi connectivity index (χ4v) is 1.88. The largest absolute Gasteiger partial charge is 0.474 e. The molecule has 0 aliphatic carbocycles. The molecule has 1 heterocycles. The molecule has 0 fully saturated rings. The molecule has 0 N–H and O–H groups in total. The number of nitrogens with zero attached hydrogens (tertiary/aromatic N) is 3. The van der Waals surface area contributed by atoms with Crippen LogP contribution in [0.1, 0.15) is 26.0 Å². The molecule has 110 valence electrons. The number of rotatable bonds is 7. The molecule has 0 radical (unpaired) electrons. The molecule has 0 spiro atoms. The summed E-state index contributed by atoms with van der Waals surface area (Å²) in [4.78, 5) is 10.9. The normalized spacial score (nSPS) is 12.4. The van der Waals surface area contributed by atoms with Gasteiger partial charge in [0.25, 0.3) is 0 Å². The number of aliphatic imine (C=N–C) groups is 1. The van der Waals surface area contributed by atoms with Gasteiger partial charge in [-0.05, 0) is 42.8 Å². The van der Waals surface area contributed by atoms with Crippen molar-refractivity contribution in [1.29, 1.82) is 0 Å². The van der Waals surface area contributed by atoms with Gasteiger partial charge in [0.05, 0.1) is 22.2 Å². The lowest BCUT2D eigenvalue weighted by molar-refractivity contribution is 0.214. The molecule has 0 bridgehead atoms. The third kappa shape index (κ3) is 4.96. The van der Waals surface area contributed by atoms with E-state index in [0.717, 1.165) is 28.8 Å². The molecule has 1 atom stereocenters. The summed E-state index contributed by atoms with van der Waals surface area (Å²) in [5, 5.41) is 0. The zero-order valence-corrected chi connectivity index (χ0v) is 14.1. The van der Waals surface area contributed by atoms with Crippen LogP contribution in [0.5, 0.6) is 5.88 Å². The van der Waals surface area contributed by atoms with Crippen molar-refractivity contribution in [2.24, 2.45) is 4.99 Å². The first-order valence-electron chi connectivity index (χ1n) is 6.67. The van der Waals surface area contributed by atoms with Crippen molar-refractivity contribution in [3.8, 4) is 5.88 Å². The maximum atomic E-state index is 5.78. The van der Waals surface area contributed by atoms with Crippen molar-refractivity contribution >= 4 is 28.0 Å². The van der Waals surface area contributed by atoms with Crippen LogP contribution in [0.15, 0.2) is 28.2 Å². The quantitative estimate of drug-likeness (QED) is 0.426. The second-order valence-electron chi connectivity index (χ2n) is 4.65. The third-order valence-corrected chi connectivity index (χ3v) is 3.38. The fraction of sp³-hybridized carbons (Fsp3) is 0.467. The van der Waals surface area contributed by atoms with Gasteiger partial charge in [0.15, 0.2) is 0 Å². The SMILES string of the molecule is C=CC[C@H](C)Oc1nc(C)c(N=CN(C)CC)cc1Br. The second kappa shape index (κ2) is 8.04. The maximum absolute atomic E-state index is 5.78. The van der Waals surface area contributed by atoms with Gasteiger partial charge in [-0.3, -0.25) is 0 Å². The summed E-state index contributed by atoms with van der Waals surface area (Å²) in [6.45, 7) is 10.6. The summed E-state index contributed by atoms with van der Waals surface area (Å²) in [7, 11) is 1.98. The molecule has 1 rings (SSSR count). The number of aryl methyl sites for hydroxylation is 1. The van der Waals surface area contributed by atoms with Crippen LogP contribution in [0.25, 0.3) is 0 Å². The highest BCUT2D eigenvalue weighted by Gasteiger charge is 2.11. The Morgan fingerprint density at radius 2 is 2.30 bits per heavy atom. The number of ether oxygens (including phenoxy) is 1. The van der Waals surface area contributed by atoms with E-state index in [1.807, 2.05) is 37.9 Å². The van der Waals surface area contributed by atoms with Gasteiger partial charge in [0, 0.05) is 20.0 Å².